The van der Waals surface area contributed by atoms with Crippen molar-refractivity contribution in [3.8, 4) is 0 Å². The first-order valence-corrected chi connectivity index (χ1v) is 10.8. The molecule has 1 aromatic heterocycles. The molecule has 156 valence electrons. The molecule has 5 heteroatoms. The second kappa shape index (κ2) is 7.15. The average molecular weight is 405 g/mol. The van der Waals surface area contributed by atoms with Crippen LogP contribution in [0.15, 0.2) is 46.9 Å². The first-order chi connectivity index (χ1) is 14.4. The Morgan fingerprint density at radius 1 is 1.13 bits per heavy atom. The zero-order chi connectivity index (χ0) is 20.9. The highest BCUT2D eigenvalue weighted by molar-refractivity contribution is 6.02. The van der Waals surface area contributed by atoms with Gasteiger partial charge in [-0.1, -0.05) is 19.1 Å². The number of fused-ring (bicyclic) bond motifs is 1. The highest BCUT2D eigenvalue weighted by Crippen LogP contribution is 2.65. The Kier molecular flexibility index (Phi) is 4.57. The molecule has 5 atom stereocenters. The van der Waals surface area contributed by atoms with Gasteiger partial charge in [0.05, 0.1) is 0 Å². The summed E-state index contributed by atoms with van der Waals surface area (Å²) >= 11 is 0. The lowest BCUT2D eigenvalue weighted by Crippen LogP contribution is -2.34. The fourth-order valence-electron chi connectivity index (χ4n) is 6.36. The first-order valence-electron chi connectivity index (χ1n) is 10.8. The topological polar surface area (TPSA) is 79.5 Å². The van der Waals surface area contributed by atoms with Crippen molar-refractivity contribution < 1.29 is 19.1 Å². The van der Waals surface area contributed by atoms with Crippen LogP contribution in [0, 0.1) is 23.7 Å². The smallest absolute Gasteiger partial charge is 0.328 e. The summed E-state index contributed by atoms with van der Waals surface area (Å²) in [5.74, 6) is 3.31. The molecule has 2 bridgehead atoms. The number of amides is 1. The Hall–Kier alpha value is -2.82. The molecule has 30 heavy (non-hydrogen) atoms. The minimum atomic E-state index is -1.01. The molecule has 5 rings (SSSR count). The van der Waals surface area contributed by atoms with Crippen LogP contribution in [0.2, 0.25) is 0 Å². The van der Waals surface area contributed by atoms with Crippen molar-refractivity contribution in [1.82, 2.24) is 0 Å². The molecule has 1 heterocycles. The van der Waals surface area contributed by atoms with E-state index in [2.05, 4.69) is 12.2 Å². The van der Waals surface area contributed by atoms with Crippen LogP contribution >= 0.6 is 0 Å². The van der Waals surface area contributed by atoms with Gasteiger partial charge in [-0.05, 0) is 91.7 Å². The molecule has 2 aromatic rings. The highest BCUT2D eigenvalue weighted by atomic mass is 16.4. The average Bonchev–Trinajstić information content (AvgIpc) is 3.26. The lowest BCUT2D eigenvalue weighted by molar-refractivity contribution is -0.131. The quantitative estimate of drug-likeness (QED) is 0.658. The number of furan rings is 1. The van der Waals surface area contributed by atoms with Crippen molar-refractivity contribution in [3.05, 3.63) is 59.6 Å². The predicted octanol–water partition coefficient (Wildman–Crippen LogP) is 5.34. The van der Waals surface area contributed by atoms with Crippen LogP contribution in [0.5, 0.6) is 0 Å². The van der Waals surface area contributed by atoms with Gasteiger partial charge in [0, 0.05) is 17.2 Å². The molecule has 3 saturated carbocycles. The van der Waals surface area contributed by atoms with E-state index in [0.717, 1.165) is 36.0 Å². The number of benzene rings is 1. The largest absolute Gasteiger partial charge is 0.478 e. The fourth-order valence-corrected chi connectivity index (χ4v) is 6.36. The van der Waals surface area contributed by atoms with Gasteiger partial charge in [0.25, 0.3) is 5.91 Å². The number of carboxylic acid groups (broad SMARTS) is 1. The molecule has 3 aliphatic rings. The SMILES string of the molecule is CC1CC2CC3CC(c4ccc(C(=O)Nc5cccc(/C=C/C(=O)O)c5)o4)(C1)CC23. The van der Waals surface area contributed by atoms with Crippen molar-refractivity contribution in [2.24, 2.45) is 23.7 Å². The summed E-state index contributed by atoms with van der Waals surface area (Å²) in [6, 6.07) is 10.9. The van der Waals surface area contributed by atoms with Gasteiger partial charge in [-0.25, -0.2) is 4.79 Å². The molecule has 5 unspecified atom stereocenters. The van der Waals surface area contributed by atoms with Crippen LogP contribution in [-0.2, 0) is 10.2 Å². The molecule has 3 fully saturated rings. The van der Waals surface area contributed by atoms with E-state index in [1.165, 1.54) is 31.8 Å². The van der Waals surface area contributed by atoms with Crippen molar-refractivity contribution in [3.63, 3.8) is 0 Å². The van der Waals surface area contributed by atoms with Crippen molar-refractivity contribution >= 4 is 23.6 Å². The first kappa shape index (κ1) is 19.2. The van der Waals surface area contributed by atoms with Gasteiger partial charge in [0.2, 0.25) is 0 Å². The molecule has 0 spiro atoms. The molecule has 5 nitrogen and oxygen atoms in total. The van der Waals surface area contributed by atoms with Gasteiger partial charge < -0.3 is 14.8 Å². The van der Waals surface area contributed by atoms with Crippen LogP contribution in [-0.4, -0.2) is 17.0 Å². The number of carbonyl (C=O) groups is 2. The number of nitrogens with one attached hydrogen (secondary N) is 1. The minimum Gasteiger partial charge on any atom is -0.478 e. The number of carbonyl (C=O) groups excluding carboxylic acids is 1. The fraction of sp³-hybridized carbons (Fsp3) is 0.440. The number of carboxylic acids is 1. The summed E-state index contributed by atoms with van der Waals surface area (Å²) in [6.07, 6.45) is 8.84. The van der Waals surface area contributed by atoms with E-state index in [1.807, 2.05) is 6.07 Å². The zero-order valence-corrected chi connectivity index (χ0v) is 17.1. The zero-order valence-electron chi connectivity index (χ0n) is 17.1. The van der Waals surface area contributed by atoms with Crippen LogP contribution < -0.4 is 5.32 Å². The van der Waals surface area contributed by atoms with Gasteiger partial charge in [-0.15, -0.1) is 0 Å². The van der Waals surface area contributed by atoms with Crippen molar-refractivity contribution in [1.29, 1.82) is 0 Å². The monoisotopic (exact) mass is 405 g/mol. The van der Waals surface area contributed by atoms with Crippen molar-refractivity contribution in [2.45, 2.75) is 44.4 Å². The van der Waals surface area contributed by atoms with Crippen LogP contribution in [0.3, 0.4) is 0 Å². The second-order valence-corrected chi connectivity index (χ2v) is 9.57. The third kappa shape index (κ3) is 3.36. The van der Waals surface area contributed by atoms with E-state index in [1.54, 1.807) is 30.3 Å². The summed E-state index contributed by atoms with van der Waals surface area (Å²) < 4.78 is 6.15. The molecule has 1 amide bonds. The minimum absolute atomic E-state index is 0.0973. The Bertz CT molecular complexity index is 1020. The number of hydrogen-bond acceptors (Lipinski definition) is 3. The summed E-state index contributed by atoms with van der Waals surface area (Å²) in [4.78, 5) is 23.5. The third-order valence-corrected chi connectivity index (χ3v) is 7.46. The molecular weight excluding hydrogens is 378 g/mol. The third-order valence-electron chi connectivity index (χ3n) is 7.46. The highest BCUT2D eigenvalue weighted by Gasteiger charge is 2.58. The summed E-state index contributed by atoms with van der Waals surface area (Å²) in [5, 5.41) is 11.6. The number of aliphatic carboxylic acids is 1. The number of rotatable bonds is 5. The van der Waals surface area contributed by atoms with Gasteiger partial charge >= 0.3 is 5.97 Å². The van der Waals surface area contributed by atoms with Crippen molar-refractivity contribution in [2.75, 3.05) is 5.32 Å². The van der Waals surface area contributed by atoms with Crippen LogP contribution in [0.1, 0.15) is 60.9 Å². The summed E-state index contributed by atoms with van der Waals surface area (Å²) in [6.45, 7) is 2.36. The van der Waals surface area contributed by atoms with E-state index in [9.17, 15) is 9.59 Å². The molecular formula is C25H27NO4. The standard InChI is InChI=1S/C25H27NO4/c1-15-9-17-11-18-13-25(12-15,14-20(17)18)22-7-6-21(30-22)24(29)26-19-4-2-3-16(10-19)5-8-23(27)28/h2-8,10,15,17-18,20H,9,11-14H2,1H3,(H,26,29)(H,27,28)/b8-5+. The van der Waals surface area contributed by atoms with E-state index < -0.39 is 5.97 Å². The van der Waals surface area contributed by atoms with Gasteiger partial charge in [0.1, 0.15) is 5.76 Å². The van der Waals surface area contributed by atoms with Crippen LogP contribution in [0.25, 0.3) is 6.08 Å². The predicted molar refractivity (Wildman–Crippen MR) is 114 cm³/mol. The maximum absolute atomic E-state index is 12.8. The van der Waals surface area contributed by atoms with E-state index in [0.29, 0.717) is 22.9 Å². The number of anilines is 1. The van der Waals surface area contributed by atoms with Gasteiger partial charge in [-0.2, -0.15) is 0 Å². The van der Waals surface area contributed by atoms with Gasteiger partial charge in [-0.3, -0.25) is 4.79 Å². The summed E-state index contributed by atoms with van der Waals surface area (Å²) in [5.41, 5.74) is 1.41. The van der Waals surface area contributed by atoms with E-state index in [-0.39, 0.29) is 11.3 Å². The molecule has 0 aliphatic heterocycles. The molecule has 3 aliphatic carbocycles. The van der Waals surface area contributed by atoms with Gasteiger partial charge in [0.15, 0.2) is 5.76 Å². The lowest BCUT2D eigenvalue weighted by Gasteiger charge is -2.42. The Morgan fingerprint density at radius 3 is 2.83 bits per heavy atom. The Morgan fingerprint density at radius 2 is 2.00 bits per heavy atom. The van der Waals surface area contributed by atoms with E-state index >= 15 is 0 Å². The molecule has 0 saturated heterocycles. The maximum Gasteiger partial charge on any atom is 0.328 e. The Balaban J connectivity index is 1.33. The Labute approximate surface area is 176 Å². The summed E-state index contributed by atoms with van der Waals surface area (Å²) in [7, 11) is 0. The molecule has 0 radical (unpaired) electrons. The normalized spacial score (nSPS) is 31.9. The molecule has 2 N–H and O–H groups in total. The lowest BCUT2D eigenvalue weighted by atomic mass is 9.63. The van der Waals surface area contributed by atoms with E-state index in [4.69, 9.17) is 9.52 Å². The van der Waals surface area contributed by atoms with Crippen LogP contribution in [0.4, 0.5) is 5.69 Å². The number of hydrogen-bond donors (Lipinski definition) is 2. The maximum atomic E-state index is 12.8. The second-order valence-electron chi connectivity index (χ2n) is 9.57. The molecule has 1 aromatic carbocycles.